The highest BCUT2D eigenvalue weighted by atomic mass is 32.2. The minimum Gasteiger partial charge on any atom is -0.364 e. The molecule has 2 atom stereocenters. The van der Waals surface area contributed by atoms with E-state index >= 15 is 0 Å². The molecule has 0 aliphatic carbocycles. The van der Waals surface area contributed by atoms with Crippen molar-refractivity contribution < 1.29 is 9.53 Å². The number of H-pyrrole nitrogens is 1. The average Bonchev–Trinajstić information content (AvgIpc) is 3.10. The number of hydrazine groups is 1. The molecule has 1 saturated heterocycles. The third-order valence-corrected chi connectivity index (χ3v) is 4.54. The van der Waals surface area contributed by atoms with Gasteiger partial charge in [0.05, 0.1) is 11.1 Å². The minimum absolute atomic E-state index is 0.105. The molecule has 1 aromatic heterocycles. The van der Waals surface area contributed by atoms with Crippen LogP contribution in [0.4, 0.5) is 0 Å². The molecule has 106 valence electrons. The van der Waals surface area contributed by atoms with Gasteiger partial charge in [0.2, 0.25) is 0 Å². The van der Waals surface area contributed by atoms with Crippen LogP contribution in [0, 0.1) is 0 Å². The third-order valence-electron chi connectivity index (χ3n) is 3.47. The zero-order valence-electron chi connectivity index (χ0n) is 11.0. The van der Waals surface area contributed by atoms with Gasteiger partial charge in [-0.05, 0) is 25.0 Å². The summed E-state index contributed by atoms with van der Waals surface area (Å²) < 4.78 is 5.68. The van der Waals surface area contributed by atoms with Gasteiger partial charge >= 0.3 is 0 Å². The highest BCUT2D eigenvalue weighted by Gasteiger charge is 2.30. The molecule has 2 unspecified atom stereocenters. The molecule has 0 saturated carbocycles. The molecule has 1 aliphatic heterocycles. The number of carbonyl (C=O) groups excluding carboxylic acids is 1. The van der Waals surface area contributed by atoms with E-state index in [1.165, 1.54) is 5.39 Å². The predicted molar refractivity (Wildman–Crippen MR) is 79.2 cm³/mol. The van der Waals surface area contributed by atoms with E-state index in [1.54, 1.807) is 11.8 Å². The predicted octanol–water partition coefficient (Wildman–Crippen LogP) is 1.80. The number of benzene rings is 1. The molecular formula is C14H17N3O2S. The summed E-state index contributed by atoms with van der Waals surface area (Å²) in [6, 6.07) is 10.3. The lowest BCUT2D eigenvalue weighted by Crippen LogP contribution is -2.39. The summed E-state index contributed by atoms with van der Waals surface area (Å²) in [4.78, 5) is 14.8. The highest BCUT2D eigenvalue weighted by molar-refractivity contribution is 7.99. The van der Waals surface area contributed by atoms with E-state index in [2.05, 4.69) is 28.6 Å². The van der Waals surface area contributed by atoms with Gasteiger partial charge in [0.1, 0.15) is 6.10 Å². The van der Waals surface area contributed by atoms with Gasteiger partial charge in [-0.2, -0.15) is 0 Å². The Balaban J connectivity index is 1.56. The Labute approximate surface area is 121 Å². The fraction of sp³-hybridized carbons (Fsp3) is 0.357. The molecule has 0 radical (unpaired) electrons. The number of nitrogens with two attached hydrogens (primary N) is 1. The van der Waals surface area contributed by atoms with Crippen molar-refractivity contribution in [3.63, 3.8) is 0 Å². The number of para-hydroxylation sites is 1. The van der Waals surface area contributed by atoms with Gasteiger partial charge in [-0.15, -0.1) is 11.8 Å². The van der Waals surface area contributed by atoms with Crippen LogP contribution in [0.25, 0.3) is 10.9 Å². The molecular weight excluding hydrogens is 274 g/mol. The summed E-state index contributed by atoms with van der Waals surface area (Å²) in [6.07, 6.45) is 1.34. The summed E-state index contributed by atoms with van der Waals surface area (Å²) in [5, 5.41) is 2.34. The Bertz CT molecular complexity index is 580. The number of aromatic nitrogens is 1. The number of aromatic amines is 1. The van der Waals surface area contributed by atoms with Crippen molar-refractivity contribution in [2.24, 2.45) is 5.84 Å². The number of carbonyl (C=O) groups is 1. The number of ether oxygens (including phenoxy) is 1. The van der Waals surface area contributed by atoms with E-state index in [0.29, 0.717) is 0 Å². The topological polar surface area (TPSA) is 80.1 Å². The second kappa shape index (κ2) is 5.87. The molecule has 1 aromatic carbocycles. The maximum absolute atomic E-state index is 11.4. The fourth-order valence-electron chi connectivity index (χ4n) is 2.42. The van der Waals surface area contributed by atoms with Crippen LogP contribution >= 0.6 is 11.8 Å². The molecule has 6 heteroatoms. The SMILES string of the molecule is NNC(=O)C1CCC(CSc2cc3ccccc3[nH]2)O1. The van der Waals surface area contributed by atoms with E-state index < -0.39 is 6.10 Å². The van der Waals surface area contributed by atoms with E-state index in [9.17, 15) is 4.79 Å². The lowest BCUT2D eigenvalue weighted by atomic mass is 10.2. The molecule has 2 heterocycles. The standard InChI is InChI=1S/C14H17N3O2S/c15-17-14(18)12-6-5-10(19-12)8-20-13-7-9-3-1-2-4-11(9)16-13/h1-4,7,10,12,16H,5-6,8,15H2,(H,17,18). The monoisotopic (exact) mass is 291 g/mol. The first kappa shape index (κ1) is 13.5. The summed E-state index contributed by atoms with van der Waals surface area (Å²) in [7, 11) is 0. The van der Waals surface area contributed by atoms with Crippen molar-refractivity contribution in [3.8, 4) is 0 Å². The van der Waals surface area contributed by atoms with Gasteiger partial charge in [-0.25, -0.2) is 5.84 Å². The van der Waals surface area contributed by atoms with Gasteiger partial charge in [0, 0.05) is 16.7 Å². The van der Waals surface area contributed by atoms with Crippen molar-refractivity contribution in [2.75, 3.05) is 5.75 Å². The van der Waals surface area contributed by atoms with Gasteiger partial charge < -0.3 is 9.72 Å². The smallest absolute Gasteiger partial charge is 0.263 e. The lowest BCUT2D eigenvalue weighted by molar-refractivity contribution is -0.131. The molecule has 1 aliphatic rings. The second-order valence-corrected chi connectivity index (χ2v) is 5.93. The van der Waals surface area contributed by atoms with Crippen LogP contribution in [0.2, 0.25) is 0 Å². The normalized spacial score (nSPS) is 22.2. The Morgan fingerprint density at radius 2 is 2.30 bits per heavy atom. The highest BCUT2D eigenvalue weighted by Crippen LogP contribution is 2.28. The summed E-state index contributed by atoms with van der Waals surface area (Å²) in [5.41, 5.74) is 3.28. The first-order chi connectivity index (χ1) is 9.76. The van der Waals surface area contributed by atoms with Crippen LogP contribution < -0.4 is 11.3 Å². The van der Waals surface area contributed by atoms with Crippen LogP contribution in [0.3, 0.4) is 0 Å². The molecule has 2 aromatic rings. The largest absolute Gasteiger partial charge is 0.364 e. The Hall–Kier alpha value is -1.50. The maximum Gasteiger partial charge on any atom is 0.263 e. The van der Waals surface area contributed by atoms with E-state index in [-0.39, 0.29) is 12.0 Å². The van der Waals surface area contributed by atoms with E-state index in [0.717, 1.165) is 29.1 Å². The van der Waals surface area contributed by atoms with Crippen LogP contribution in [-0.2, 0) is 9.53 Å². The molecule has 0 bridgehead atoms. The molecule has 1 amide bonds. The molecule has 5 nitrogen and oxygen atoms in total. The zero-order valence-corrected chi connectivity index (χ0v) is 11.8. The molecule has 3 rings (SSSR count). The Morgan fingerprint density at radius 1 is 1.45 bits per heavy atom. The van der Waals surface area contributed by atoms with Gasteiger partial charge in [0.15, 0.2) is 0 Å². The Morgan fingerprint density at radius 3 is 3.10 bits per heavy atom. The molecule has 1 fully saturated rings. The number of hydrogen-bond donors (Lipinski definition) is 3. The van der Waals surface area contributed by atoms with E-state index in [1.807, 2.05) is 12.1 Å². The van der Waals surface area contributed by atoms with Crippen molar-refractivity contribution in [1.29, 1.82) is 0 Å². The summed E-state index contributed by atoms with van der Waals surface area (Å²) in [5.74, 6) is 5.72. The maximum atomic E-state index is 11.4. The Kier molecular flexibility index (Phi) is 3.95. The van der Waals surface area contributed by atoms with Crippen LogP contribution in [-0.4, -0.2) is 28.9 Å². The van der Waals surface area contributed by atoms with E-state index in [4.69, 9.17) is 10.6 Å². The quantitative estimate of drug-likeness (QED) is 0.347. The lowest BCUT2D eigenvalue weighted by Gasteiger charge is -2.11. The van der Waals surface area contributed by atoms with Crippen LogP contribution in [0.15, 0.2) is 35.4 Å². The first-order valence-electron chi connectivity index (χ1n) is 6.63. The average molecular weight is 291 g/mol. The number of fused-ring (bicyclic) bond motifs is 1. The molecule has 20 heavy (non-hydrogen) atoms. The van der Waals surface area contributed by atoms with Crippen molar-refractivity contribution in [1.82, 2.24) is 10.4 Å². The van der Waals surface area contributed by atoms with Gasteiger partial charge in [0.25, 0.3) is 5.91 Å². The third kappa shape index (κ3) is 2.82. The fourth-order valence-corrected chi connectivity index (χ4v) is 3.42. The van der Waals surface area contributed by atoms with Crippen LogP contribution in [0.1, 0.15) is 12.8 Å². The van der Waals surface area contributed by atoms with Crippen molar-refractivity contribution in [2.45, 2.75) is 30.1 Å². The second-order valence-electron chi connectivity index (χ2n) is 4.86. The van der Waals surface area contributed by atoms with Gasteiger partial charge in [-0.3, -0.25) is 10.2 Å². The first-order valence-corrected chi connectivity index (χ1v) is 7.61. The van der Waals surface area contributed by atoms with Crippen molar-refractivity contribution in [3.05, 3.63) is 30.3 Å². The van der Waals surface area contributed by atoms with Crippen molar-refractivity contribution >= 4 is 28.6 Å². The summed E-state index contributed by atoms with van der Waals surface area (Å²) >= 11 is 1.72. The number of nitrogens with one attached hydrogen (secondary N) is 2. The summed E-state index contributed by atoms with van der Waals surface area (Å²) in [6.45, 7) is 0. The number of rotatable bonds is 4. The molecule has 0 spiro atoms. The minimum atomic E-state index is -0.395. The number of thioether (sulfide) groups is 1. The van der Waals surface area contributed by atoms with Gasteiger partial charge in [-0.1, -0.05) is 18.2 Å². The molecule has 4 N–H and O–H groups in total. The van der Waals surface area contributed by atoms with Crippen LogP contribution in [0.5, 0.6) is 0 Å². The zero-order chi connectivity index (χ0) is 13.9. The number of hydrogen-bond acceptors (Lipinski definition) is 4. The number of amides is 1.